The highest BCUT2D eigenvalue weighted by atomic mass is 19.1. The Morgan fingerprint density at radius 3 is 3.00 bits per heavy atom. The summed E-state index contributed by atoms with van der Waals surface area (Å²) in [5, 5.41) is 3.19. The molecule has 1 saturated heterocycles. The van der Waals surface area contributed by atoms with Crippen molar-refractivity contribution in [2.75, 3.05) is 25.4 Å². The minimum atomic E-state index is -0.378. The van der Waals surface area contributed by atoms with Crippen LogP contribution in [0.4, 0.5) is 10.1 Å². The van der Waals surface area contributed by atoms with Gasteiger partial charge in [0.15, 0.2) is 0 Å². The first-order valence-corrected chi connectivity index (χ1v) is 4.64. The Bertz CT molecular complexity index is 324. The number of halogens is 1. The summed E-state index contributed by atoms with van der Waals surface area (Å²) in [6.45, 7) is 2.24. The zero-order valence-corrected chi connectivity index (χ0v) is 7.79. The molecule has 14 heavy (non-hydrogen) atoms. The van der Waals surface area contributed by atoms with Crippen molar-refractivity contribution < 1.29 is 9.13 Å². The van der Waals surface area contributed by atoms with E-state index in [1.807, 2.05) is 0 Å². The molecule has 3 N–H and O–H groups in total. The van der Waals surface area contributed by atoms with Crippen molar-refractivity contribution in [2.45, 2.75) is 6.10 Å². The van der Waals surface area contributed by atoms with Gasteiger partial charge in [-0.05, 0) is 17.7 Å². The van der Waals surface area contributed by atoms with Crippen LogP contribution in [0.25, 0.3) is 0 Å². The summed E-state index contributed by atoms with van der Waals surface area (Å²) in [7, 11) is 0. The lowest BCUT2D eigenvalue weighted by atomic mass is 10.1. The number of nitrogens with one attached hydrogen (secondary N) is 1. The molecule has 0 bridgehead atoms. The normalized spacial score (nSPS) is 22.2. The molecular formula is C10H13FN2O. The van der Waals surface area contributed by atoms with Crippen LogP contribution in [-0.4, -0.2) is 19.7 Å². The molecule has 76 valence electrons. The van der Waals surface area contributed by atoms with Crippen LogP contribution in [0.2, 0.25) is 0 Å². The summed E-state index contributed by atoms with van der Waals surface area (Å²) >= 11 is 0. The van der Waals surface area contributed by atoms with Gasteiger partial charge >= 0.3 is 0 Å². The number of hydrogen-bond acceptors (Lipinski definition) is 3. The van der Waals surface area contributed by atoms with Crippen molar-refractivity contribution in [1.29, 1.82) is 0 Å². The van der Waals surface area contributed by atoms with Crippen LogP contribution in [0.15, 0.2) is 18.2 Å². The fourth-order valence-electron chi connectivity index (χ4n) is 1.52. The number of ether oxygens (including phenoxy) is 1. The second kappa shape index (κ2) is 3.94. The van der Waals surface area contributed by atoms with Crippen molar-refractivity contribution in [2.24, 2.45) is 0 Å². The second-order valence-electron chi connectivity index (χ2n) is 3.34. The molecule has 1 aliphatic rings. The Morgan fingerprint density at radius 2 is 2.36 bits per heavy atom. The third-order valence-electron chi connectivity index (χ3n) is 2.32. The molecule has 2 rings (SSSR count). The van der Waals surface area contributed by atoms with Crippen LogP contribution >= 0.6 is 0 Å². The minimum absolute atomic E-state index is 0.0566. The van der Waals surface area contributed by atoms with Crippen molar-refractivity contribution in [3.63, 3.8) is 0 Å². The van der Waals surface area contributed by atoms with Gasteiger partial charge in [0, 0.05) is 13.1 Å². The number of nitrogen functional groups attached to an aromatic ring is 1. The predicted octanol–water partition coefficient (Wildman–Crippen LogP) is 1.07. The van der Waals surface area contributed by atoms with E-state index in [9.17, 15) is 4.39 Å². The first-order chi connectivity index (χ1) is 6.77. The maximum absolute atomic E-state index is 13.1. The Labute approximate surface area is 82.1 Å². The van der Waals surface area contributed by atoms with Crippen molar-refractivity contribution in [3.8, 4) is 0 Å². The second-order valence-corrected chi connectivity index (χ2v) is 3.34. The van der Waals surface area contributed by atoms with E-state index in [0.717, 1.165) is 18.7 Å². The summed E-state index contributed by atoms with van der Waals surface area (Å²) in [5.41, 5.74) is 6.40. The number of benzene rings is 1. The van der Waals surface area contributed by atoms with Gasteiger partial charge in [0.1, 0.15) is 5.82 Å². The molecule has 0 aliphatic carbocycles. The zero-order chi connectivity index (χ0) is 9.97. The quantitative estimate of drug-likeness (QED) is 0.660. The molecule has 1 aromatic rings. The monoisotopic (exact) mass is 196 g/mol. The van der Waals surface area contributed by atoms with E-state index < -0.39 is 0 Å². The lowest BCUT2D eigenvalue weighted by molar-refractivity contribution is 0.0275. The van der Waals surface area contributed by atoms with Gasteiger partial charge in [0.2, 0.25) is 0 Å². The lowest BCUT2D eigenvalue weighted by Crippen LogP contribution is -2.33. The van der Waals surface area contributed by atoms with Gasteiger partial charge in [0.05, 0.1) is 18.4 Å². The maximum Gasteiger partial charge on any atom is 0.146 e. The minimum Gasteiger partial charge on any atom is -0.396 e. The molecule has 0 amide bonds. The lowest BCUT2D eigenvalue weighted by Gasteiger charge is -2.24. The summed E-state index contributed by atoms with van der Waals surface area (Å²) in [5.74, 6) is -0.378. The topological polar surface area (TPSA) is 47.3 Å². The summed E-state index contributed by atoms with van der Waals surface area (Å²) in [6, 6.07) is 4.81. The molecule has 0 radical (unpaired) electrons. The first-order valence-electron chi connectivity index (χ1n) is 4.64. The maximum atomic E-state index is 13.1. The molecular weight excluding hydrogens is 183 g/mol. The number of morpholine rings is 1. The fraction of sp³-hybridized carbons (Fsp3) is 0.400. The van der Waals surface area contributed by atoms with E-state index in [-0.39, 0.29) is 17.6 Å². The fourth-order valence-corrected chi connectivity index (χ4v) is 1.52. The number of anilines is 1. The molecule has 4 heteroatoms. The number of hydrogen-bond donors (Lipinski definition) is 2. The van der Waals surface area contributed by atoms with Crippen molar-refractivity contribution in [1.82, 2.24) is 5.32 Å². The Balaban J connectivity index is 2.18. The van der Waals surface area contributed by atoms with Crippen molar-refractivity contribution >= 4 is 5.69 Å². The highest BCUT2D eigenvalue weighted by Gasteiger charge is 2.16. The molecule has 0 saturated carbocycles. The number of rotatable bonds is 1. The SMILES string of the molecule is Nc1ccc([C@H]2CNCCO2)cc1F. The van der Waals surface area contributed by atoms with Crippen LogP contribution in [0.5, 0.6) is 0 Å². The van der Waals surface area contributed by atoms with E-state index in [4.69, 9.17) is 10.5 Å². The van der Waals surface area contributed by atoms with E-state index in [0.29, 0.717) is 6.61 Å². The third-order valence-corrected chi connectivity index (χ3v) is 2.32. The van der Waals surface area contributed by atoms with Gasteiger partial charge in [-0.3, -0.25) is 0 Å². The first kappa shape index (κ1) is 9.43. The highest BCUT2D eigenvalue weighted by Crippen LogP contribution is 2.21. The van der Waals surface area contributed by atoms with Crippen LogP contribution in [0.3, 0.4) is 0 Å². The molecule has 1 atom stereocenters. The van der Waals surface area contributed by atoms with E-state index in [1.165, 1.54) is 6.07 Å². The number of nitrogens with two attached hydrogens (primary N) is 1. The average Bonchev–Trinajstić information content (AvgIpc) is 2.23. The predicted molar refractivity (Wildman–Crippen MR) is 52.4 cm³/mol. The van der Waals surface area contributed by atoms with Crippen LogP contribution in [0.1, 0.15) is 11.7 Å². The standard InChI is InChI=1S/C10H13FN2O/c11-8-5-7(1-2-9(8)12)10-6-13-3-4-14-10/h1-2,5,10,13H,3-4,6,12H2/t10-/m1/s1. The molecule has 0 aromatic heterocycles. The molecule has 0 unspecified atom stereocenters. The van der Waals surface area contributed by atoms with Crippen LogP contribution in [-0.2, 0) is 4.74 Å². The van der Waals surface area contributed by atoms with E-state index in [1.54, 1.807) is 12.1 Å². The summed E-state index contributed by atoms with van der Waals surface area (Å²) in [4.78, 5) is 0. The molecule has 1 aromatic carbocycles. The average molecular weight is 196 g/mol. The highest BCUT2D eigenvalue weighted by molar-refractivity contribution is 5.41. The van der Waals surface area contributed by atoms with Crippen LogP contribution < -0.4 is 11.1 Å². The summed E-state index contributed by atoms with van der Waals surface area (Å²) < 4.78 is 18.6. The Kier molecular flexibility index (Phi) is 2.65. The molecule has 1 fully saturated rings. The third kappa shape index (κ3) is 1.86. The van der Waals surface area contributed by atoms with E-state index >= 15 is 0 Å². The van der Waals surface area contributed by atoms with Gasteiger partial charge in [-0.1, -0.05) is 6.07 Å². The molecule has 1 aliphatic heterocycles. The van der Waals surface area contributed by atoms with Gasteiger partial charge < -0.3 is 15.8 Å². The Morgan fingerprint density at radius 1 is 1.50 bits per heavy atom. The zero-order valence-electron chi connectivity index (χ0n) is 7.79. The van der Waals surface area contributed by atoms with Gasteiger partial charge in [-0.25, -0.2) is 4.39 Å². The van der Waals surface area contributed by atoms with Crippen LogP contribution in [0, 0.1) is 5.82 Å². The molecule has 0 spiro atoms. The molecule has 3 nitrogen and oxygen atoms in total. The van der Waals surface area contributed by atoms with Gasteiger partial charge in [0.25, 0.3) is 0 Å². The van der Waals surface area contributed by atoms with E-state index in [2.05, 4.69) is 5.32 Å². The van der Waals surface area contributed by atoms with Gasteiger partial charge in [-0.2, -0.15) is 0 Å². The molecule has 1 heterocycles. The Hall–Kier alpha value is -1.13. The summed E-state index contributed by atoms with van der Waals surface area (Å²) in [6.07, 6.45) is -0.0566. The largest absolute Gasteiger partial charge is 0.396 e. The van der Waals surface area contributed by atoms with Gasteiger partial charge in [-0.15, -0.1) is 0 Å². The van der Waals surface area contributed by atoms with Crippen molar-refractivity contribution in [3.05, 3.63) is 29.6 Å². The smallest absolute Gasteiger partial charge is 0.146 e.